The Morgan fingerprint density at radius 3 is 2.35 bits per heavy atom. The molecule has 2 N–H and O–H groups in total. The smallest absolute Gasteiger partial charge is 0.412 e. The summed E-state index contributed by atoms with van der Waals surface area (Å²) in [6, 6.07) is 13.0. The van der Waals surface area contributed by atoms with Crippen molar-refractivity contribution in [1.82, 2.24) is 5.32 Å². The first kappa shape index (κ1) is 19.4. The second-order valence-corrected chi connectivity index (χ2v) is 6.91. The summed E-state index contributed by atoms with van der Waals surface area (Å²) in [6.07, 6.45) is -0.333. The molecule has 6 heteroatoms. The zero-order valence-corrected chi connectivity index (χ0v) is 15.1. The number of rotatable bonds is 5. The first-order chi connectivity index (χ1) is 12.2. The Morgan fingerprint density at radius 1 is 1.04 bits per heavy atom. The molecule has 26 heavy (non-hydrogen) atoms. The van der Waals surface area contributed by atoms with Gasteiger partial charge < -0.3 is 10.1 Å². The second kappa shape index (κ2) is 8.47. The lowest BCUT2D eigenvalue weighted by Gasteiger charge is -2.19. The van der Waals surface area contributed by atoms with Crippen LogP contribution < -0.4 is 10.6 Å². The lowest BCUT2D eigenvalue weighted by molar-refractivity contribution is -0.120. The number of halogens is 1. The maximum atomic E-state index is 13.1. The highest BCUT2D eigenvalue weighted by molar-refractivity contribution is 5.85. The summed E-state index contributed by atoms with van der Waals surface area (Å²) in [7, 11) is 0. The molecule has 0 aliphatic carbocycles. The van der Waals surface area contributed by atoms with E-state index in [0.717, 1.165) is 5.56 Å². The highest BCUT2D eigenvalue weighted by Gasteiger charge is 2.16. The lowest BCUT2D eigenvalue weighted by Crippen LogP contribution is -2.27. The van der Waals surface area contributed by atoms with Crippen molar-refractivity contribution in [3.05, 3.63) is 65.5 Å². The van der Waals surface area contributed by atoms with Crippen LogP contribution in [0.5, 0.6) is 0 Å². The van der Waals surface area contributed by atoms with Crippen LogP contribution in [0.2, 0.25) is 0 Å². The molecule has 0 saturated heterocycles. The molecule has 2 aromatic rings. The van der Waals surface area contributed by atoms with Crippen molar-refractivity contribution < 1.29 is 18.7 Å². The number of hydrogen-bond acceptors (Lipinski definition) is 3. The molecule has 0 unspecified atom stereocenters. The van der Waals surface area contributed by atoms with E-state index in [1.165, 1.54) is 12.1 Å². The quantitative estimate of drug-likeness (QED) is 0.848. The third-order valence-electron chi connectivity index (χ3n) is 3.34. The third kappa shape index (κ3) is 6.93. The molecule has 138 valence electrons. The van der Waals surface area contributed by atoms with Crippen molar-refractivity contribution in [2.45, 2.75) is 39.3 Å². The molecule has 0 aliphatic rings. The number of anilines is 1. The molecular formula is C20H23FN2O3. The van der Waals surface area contributed by atoms with Crippen molar-refractivity contribution in [2.24, 2.45) is 0 Å². The minimum Gasteiger partial charge on any atom is -0.444 e. The van der Waals surface area contributed by atoms with E-state index in [9.17, 15) is 14.0 Å². The Kier molecular flexibility index (Phi) is 6.33. The fourth-order valence-corrected chi connectivity index (χ4v) is 2.22. The molecule has 2 amide bonds. The second-order valence-electron chi connectivity index (χ2n) is 6.91. The SMILES string of the molecule is CC(C)(C)OC(=O)Nc1ccc(CC(=O)NCc2cccc(F)c2)cc1. The van der Waals surface area contributed by atoms with Gasteiger partial charge in [-0.3, -0.25) is 10.1 Å². The number of carbonyl (C=O) groups is 2. The van der Waals surface area contributed by atoms with E-state index in [4.69, 9.17) is 4.74 Å². The van der Waals surface area contributed by atoms with Crippen LogP contribution in [0, 0.1) is 5.82 Å². The van der Waals surface area contributed by atoms with Crippen molar-refractivity contribution in [2.75, 3.05) is 5.32 Å². The Labute approximate surface area is 152 Å². The number of carbonyl (C=O) groups excluding carboxylic acids is 2. The van der Waals surface area contributed by atoms with E-state index in [-0.39, 0.29) is 24.7 Å². The molecule has 0 aliphatic heterocycles. The van der Waals surface area contributed by atoms with E-state index >= 15 is 0 Å². The summed E-state index contributed by atoms with van der Waals surface area (Å²) in [5.41, 5.74) is 1.53. The predicted molar refractivity (Wildman–Crippen MR) is 98.2 cm³/mol. The standard InChI is InChI=1S/C20H23FN2O3/c1-20(2,3)26-19(25)23-17-9-7-14(8-10-17)12-18(24)22-13-15-5-4-6-16(21)11-15/h4-11H,12-13H2,1-3H3,(H,22,24)(H,23,25). The zero-order chi connectivity index (χ0) is 19.2. The van der Waals surface area contributed by atoms with Crippen LogP contribution in [-0.4, -0.2) is 17.6 Å². The van der Waals surface area contributed by atoms with Crippen LogP contribution in [0.25, 0.3) is 0 Å². The maximum absolute atomic E-state index is 13.1. The van der Waals surface area contributed by atoms with E-state index in [1.807, 2.05) is 0 Å². The molecule has 5 nitrogen and oxygen atoms in total. The summed E-state index contributed by atoms with van der Waals surface area (Å²) in [6.45, 7) is 5.64. The van der Waals surface area contributed by atoms with Gasteiger partial charge in [-0.2, -0.15) is 0 Å². The average Bonchev–Trinajstić information content (AvgIpc) is 2.53. The fourth-order valence-electron chi connectivity index (χ4n) is 2.22. The molecule has 0 saturated carbocycles. The van der Waals surface area contributed by atoms with Crippen LogP contribution in [0.4, 0.5) is 14.9 Å². The van der Waals surface area contributed by atoms with Gasteiger partial charge in [0, 0.05) is 12.2 Å². The minimum absolute atomic E-state index is 0.165. The fraction of sp³-hybridized carbons (Fsp3) is 0.300. The minimum atomic E-state index is -0.566. The van der Waals surface area contributed by atoms with Crippen LogP contribution in [0.3, 0.4) is 0 Å². The Balaban J connectivity index is 1.82. The van der Waals surface area contributed by atoms with Gasteiger partial charge in [0.1, 0.15) is 11.4 Å². The molecular weight excluding hydrogens is 335 g/mol. The van der Waals surface area contributed by atoms with Crippen molar-refractivity contribution in [1.29, 1.82) is 0 Å². The van der Waals surface area contributed by atoms with E-state index < -0.39 is 11.7 Å². The Bertz CT molecular complexity index is 767. The summed E-state index contributed by atoms with van der Waals surface area (Å²) in [4.78, 5) is 23.7. The molecule has 0 heterocycles. The first-order valence-corrected chi connectivity index (χ1v) is 8.31. The van der Waals surface area contributed by atoms with E-state index in [2.05, 4.69) is 10.6 Å². The van der Waals surface area contributed by atoms with E-state index in [1.54, 1.807) is 57.2 Å². The molecule has 0 atom stereocenters. The molecule has 0 aromatic heterocycles. The normalized spacial score (nSPS) is 10.9. The van der Waals surface area contributed by atoms with Gasteiger partial charge in [0.25, 0.3) is 0 Å². The van der Waals surface area contributed by atoms with Gasteiger partial charge >= 0.3 is 6.09 Å². The number of ether oxygens (including phenoxy) is 1. The average molecular weight is 358 g/mol. The summed E-state index contributed by atoms with van der Waals surface area (Å²) in [5.74, 6) is -0.494. The lowest BCUT2D eigenvalue weighted by atomic mass is 10.1. The molecule has 0 fully saturated rings. The third-order valence-corrected chi connectivity index (χ3v) is 3.34. The summed E-state index contributed by atoms with van der Waals surface area (Å²) in [5, 5.41) is 5.39. The molecule has 0 bridgehead atoms. The Morgan fingerprint density at radius 2 is 1.73 bits per heavy atom. The van der Waals surface area contributed by atoms with Gasteiger partial charge in [-0.1, -0.05) is 24.3 Å². The monoisotopic (exact) mass is 358 g/mol. The number of benzene rings is 2. The zero-order valence-electron chi connectivity index (χ0n) is 15.1. The van der Waals surface area contributed by atoms with Crippen molar-refractivity contribution >= 4 is 17.7 Å². The maximum Gasteiger partial charge on any atom is 0.412 e. The van der Waals surface area contributed by atoms with Crippen LogP contribution in [0.15, 0.2) is 48.5 Å². The molecule has 0 radical (unpaired) electrons. The number of hydrogen-bond donors (Lipinski definition) is 2. The van der Waals surface area contributed by atoms with Gasteiger partial charge in [-0.15, -0.1) is 0 Å². The van der Waals surface area contributed by atoms with Gasteiger partial charge in [0.05, 0.1) is 6.42 Å². The first-order valence-electron chi connectivity index (χ1n) is 8.31. The van der Waals surface area contributed by atoms with Gasteiger partial charge in [-0.05, 0) is 56.2 Å². The van der Waals surface area contributed by atoms with Crippen LogP contribution in [0.1, 0.15) is 31.9 Å². The summed E-state index contributed by atoms with van der Waals surface area (Å²) >= 11 is 0. The van der Waals surface area contributed by atoms with Crippen molar-refractivity contribution in [3.8, 4) is 0 Å². The number of nitrogens with one attached hydrogen (secondary N) is 2. The Hall–Kier alpha value is -2.89. The van der Waals surface area contributed by atoms with E-state index in [0.29, 0.717) is 11.3 Å². The predicted octanol–water partition coefficient (Wildman–Crippen LogP) is 4.03. The van der Waals surface area contributed by atoms with Gasteiger partial charge in [0.2, 0.25) is 5.91 Å². The summed E-state index contributed by atoms with van der Waals surface area (Å²) < 4.78 is 18.3. The largest absolute Gasteiger partial charge is 0.444 e. The van der Waals surface area contributed by atoms with Gasteiger partial charge in [0.15, 0.2) is 0 Å². The van der Waals surface area contributed by atoms with Gasteiger partial charge in [-0.25, -0.2) is 9.18 Å². The molecule has 2 aromatic carbocycles. The highest BCUT2D eigenvalue weighted by atomic mass is 19.1. The van der Waals surface area contributed by atoms with Crippen LogP contribution >= 0.6 is 0 Å². The van der Waals surface area contributed by atoms with Crippen molar-refractivity contribution in [3.63, 3.8) is 0 Å². The number of amides is 2. The topological polar surface area (TPSA) is 67.4 Å². The molecule has 0 spiro atoms. The highest BCUT2D eigenvalue weighted by Crippen LogP contribution is 2.13. The van der Waals surface area contributed by atoms with Crippen LogP contribution in [-0.2, 0) is 22.5 Å². The molecule has 2 rings (SSSR count).